The highest BCUT2D eigenvalue weighted by Gasteiger charge is 2.10. The summed E-state index contributed by atoms with van der Waals surface area (Å²) in [6, 6.07) is 18.8. The van der Waals surface area contributed by atoms with Gasteiger partial charge in [-0.25, -0.2) is 4.79 Å². The monoisotopic (exact) mass is 337 g/mol. The van der Waals surface area contributed by atoms with Gasteiger partial charge in [0.2, 0.25) is 0 Å². The molecule has 0 spiro atoms. The molecule has 0 N–H and O–H groups in total. The Labute approximate surface area is 147 Å². The van der Waals surface area contributed by atoms with Gasteiger partial charge in [0.15, 0.2) is 0 Å². The van der Waals surface area contributed by atoms with Gasteiger partial charge in [0.25, 0.3) is 0 Å². The number of carbonyl (C=O) groups excluding carboxylic acids is 1. The number of hydrogen-bond acceptors (Lipinski definition) is 5. The Balaban J connectivity index is 2.03. The second kappa shape index (κ2) is 9.91. The van der Waals surface area contributed by atoms with Gasteiger partial charge in [0.1, 0.15) is 30.6 Å². The van der Waals surface area contributed by atoms with Crippen LogP contribution in [-0.2, 0) is 20.9 Å². The number of esters is 1. The predicted molar refractivity (Wildman–Crippen MR) is 93.6 cm³/mol. The Morgan fingerprint density at radius 3 is 2.64 bits per heavy atom. The maximum atomic E-state index is 11.8. The lowest BCUT2D eigenvalue weighted by Crippen LogP contribution is -2.11. The number of nitriles is 1. The van der Waals surface area contributed by atoms with Crippen LogP contribution in [0.15, 0.2) is 60.2 Å². The second-order valence-electron chi connectivity index (χ2n) is 5.15. The molecule has 0 aliphatic heterocycles. The molecule has 0 bridgehead atoms. The SMILES string of the molecule is COCCOC(=O)C(C#N)=Cc1cccc(OCc2ccccc2)c1. The van der Waals surface area contributed by atoms with Crippen molar-refractivity contribution < 1.29 is 19.0 Å². The van der Waals surface area contributed by atoms with E-state index in [0.29, 0.717) is 17.9 Å². The molecule has 2 aromatic carbocycles. The van der Waals surface area contributed by atoms with E-state index in [2.05, 4.69) is 0 Å². The lowest BCUT2D eigenvalue weighted by Gasteiger charge is -2.07. The fourth-order valence-electron chi connectivity index (χ4n) is 2.03. The molecular weight excluding hydrogens is 318 g/mol. The minimum atomic E-state index is -0.671. The zero-order valence-corrected chi connectivity index (χ0v) is 14.0. The average Bonchev–Trinajstić information content (AvgIpc) is 2.65. The van der Waals surface area contributed by atoms with Gasteiger partial charge >= 0.3 is 5.97 Å². The Morgan fingerprint density at radius 1 is 1.12 bits per heavy atom. The summed E-state index contributed by atoms with van der Waals surface area (Å²) in [4.78, 5) is 11.8. The van der Waals surface area contributed by atoms with Crippen molar-refractivity contribution in [1.29, 1.82) is 5.26 Å². The van der Waals surface area contributed by atoms with E-state index in [4.69, 9.17) is 19.5 Å². The Bertz CT molecular complexity index is 763. The highest BCUT2D eigenvalue weighted by atomic mass is 16.6. The molecular formula is C20H19NO4. The van der Waals surface area contributed by atoms with E-state index in [0.717, 1.165) is 5.56 Å². The van der Waals surface area contributed by atoms with Crippen molar-refractivity contribution in [3.8, 4) is 11.8 Å². The molecule has 0 unspecified atom stereocenters. The Morgan fingerprint density at radius 2 is 1.92 bits per heavy atom. The molecule has 128 valence electrons. The highest BCUT2D eigenvalue weighted by molar-refractivity contribution is 5.97. The third-order valence-electron chi connectivity index (χ3n) is 3.28. The minimum Gasteiger partial charge on any atom is -0.489 e. The van der Waals surface area contributed by atoms with E-state index in [1.807, 2.05) is 42.5 Å². The molecule has 0 atom stereocenters. The molecule has 2 aromatic rings. The minimum absolute atomic E-state index is 0.0729. The molecule has 0 amide bonds. The summed E-state index contributed by atoms with van der Waals surface area (Å²) in [6.45, 7) is 0.833. The van der Waals surface area contributed by atoms with Crippen LogP contribution >= 0.6 is 0 Å². The van der Waals surface area contributed by atoms with E-state index < -0.39 is 5.97 Å². The molecule has 2 rings (SSSR count). The van der Waals surface area contributed by atoms with E-state index in [9.17, 15) is 4.79 Å². The van der Waals surface area contributed by atoms with Gasteiger partial charge in [-0.1, -0.05) is 42.5 Å². The number of nitrogens with zero attached hydrogens (tertiary/aromatic N) is 1. The third-order valence-corrected chi connectivity index (χ3v) is 3.28. The maximum Gasteiger partial charge on any atom is 0.348 e. The van der Waals surface area contributed by atoms with Crippen LogP contribution in [0.3, 0.4) is 0 Å². The first-order valence-corrected chi connectivity index (χ1v) is 7.77. The smallest absolute Gasteiger partial charge is 0.348 e. The zero-order valence-electron chi connectivity index (χ0n) is 14.0. The van der Waals surface area contributed by atoms with E-state index in [-0.39, 0.29) is 18.8 Å². The number of hydrogen-bond donors (Lipinski definition) is 0. The number of ether oxygens (including phenoxy) is 3. The van der Waals surface area contributed by atoms with Gasteiger partial charge in [-0.3, -0.25) is 0 Å². The van der Waals surface area contributed by atoms with Crippen molar-refractivity contribution in [2.45, 2.75) is 6.61 Å². The van der Waals surface area contributed by atoms with Crippen molar-refractivity contribution in [2.24, 2.45) is 0 Å². The second-order valence-corrected chi connectivity index (χ2v) is 5.15. The van der Waals surface area contributed by atoms with Crippen molar-refractivity contribution in [3.05, 3.63) is 71.3 Å². The zero-order chi connectivity index (χ0) is 17.9. The van der Waals surface area contributed by atoms with Crippen molar-refractivity contribution in [2.75, 3.05) is 20.3 Å². The summed E-state index contributed by atoms with van der Waals surface area (Å²) >= 11 is 0. The fraction of sp³-hybridized carbons (Fsp3) is 0.200. The van der Waals surface area contributed by atoms with Crippen LogP contribution in [0.5, 0.6) is 5.75 Å². The first-order valence-electron chi connectivity index (χ1n) is 7.77. The Hall–Kier alpha value is -3.10. The summed E-state index contributed by atoms with van der Waals surface area (Å²) in [5, 5.41) is 9.15. The van der Waals surface area contributed by atoms with Crippen LogP contribution in [-0.4, -0.2) is 26.3 Å². The number of benzene rings is 2. The standard InChI is InChI=1S/C20H19NO4/c1-23-10-11-24-20(22)18(14-21)12-17-8-5-9-19(13-17)25-15-16-6-3-2-4-7-16/h2-9,12-13H,10-11,15H2,1H3. The number of carbonyl (C=O) groups is 1. The van der Waals surface area contributed by atoms with Crippen molar-refractivity contribution in [3.63, 3.8) is 0 Å². The highest BCUT2D eigenvalue weighted by Crippen LogP contribution is 2.17. The number of methoxy groups -OCH3 is 1. The van der Waals surface area contributed by atoms with Crippen LogP contribution in [0.25, 0.3) is 6.08 Å². The van der Waals surface area contributed by atoms with Crippen LogP contribution in [0.2, 0.25) is 0 Å². The Kier molecular flexibility index (Phi) is 7.23. The van der Waals surface area contributed by atoms with Crippen molar-refractivity contribution in [1.82, 2.24) is 0 Å². The third kappa shape index (κ3) is 6.13. The quantitative estimate of drug-likeness (QED) is 0.320. The largest absolute Gasteiger partial charge is 0.489 e. The molecule has 5 heteroatoms. The summed E-state index contributed by atoms with van der Waals surface area (Å²) in [5.74, 6) is -0.0159. The summed E-state index contributed by atoms with van der Waals surface area (Å²) in [6.07, 6.45) is 1.48. The molecule has 0 aromatic heterocycles. The van der Waals surface area contributed by atoms with Crippen LogP contribution in [0.4, 0.5) is 0 Å². The van der Waals surface area contributed by atoms with Gasteiger partial charge < -0.3 is 14.2 Å². The van der Waals surface area contributed by atoms with E-state index in [1.54, 1.807) is 18.2 Å². The molecule has 0 aliphatic rings. The summed E-state index contributed by atoms with van der Waals surface area (Å²) < 4.78 is 15.5. The van der Waals surface area contributed by atoms with Crippen molar-refractivity contribution >= 4 is 12.0 Å². The molecule has 0 saturated heterocycles. The van der Waals surface area contributed by atoms with E-state index in [1.165, 1.54) is 13.2 Å². The molecule has 0 fully saturated rings. The van der Waals surface area contributed by atoms with E-state index >= 15 is 0 Å². The lowest BCUT2D eigenvalue weighted by molar-refractivity contribution is -0.139. The average molecular weight is 337 g/mol. The van der Waals surface area contributed by atoms with Crippen LogP contribution in [0.1, 0.15) is 11.1 Å². The van der Waals surface area contributed by atoms with Crippen LogP contribution in [0, 0.1) is 11.3 Å². The molecule has 0 saturated carbocycles. The molecule has 0 heterocycles. The summed E-state index contributed by atoms with van der Waals surface area (Å²) in [5.41, 5.74) is 1.67. The van der Waals surface area contributed by atoms with Gasteiger partial charge in [-0.05, 0) is 29.3 Å². The normalized spacial score (nSPS) is 10.8. The predicted octanol–water partition coefficient (Wildman–Crippen LogP) is 3.36. The molecule has 0 aliphatic carbocycles. The molecule has 0 radical (unpaired) electrons. The molecule has 25 heavy (non-hydrogen) atoms. The van der Waals surface area contributed by atoms with Gasteiger partial charge in [0, 0.05) is 7.11 Å². The topological polar surface area (TPSA) is 68.5 Å². The van der Waals surface area contributed by atoms with Gasteiger partial charge in [-0.2, -0.15) is 5.26 Å². The summed E-state index contributed by atoms with van der Waals surface area (Å²) in [7, 11) is 1.51. The maximum absolute atomic E-state index is 11.8. The fourth-order valence-corrected chi connectivity index (χ4v) is 2.03. The number of rotatable bonds is 8. The lowest BCUT2D eigenvalue weighted by atomic mass is 10.1. The van der Waals surface area contributed by atoms with Crippen LogP contribution < -0.4 is 4.74 Å². The first kappa shape index (κ1) is 18.2. The van der Waals surface area contributed by atoms with Gasteiger partial charge in [0.05, 0.1) is 6.61 Å². The molecule has 5 nitrogen and oxygen atoms in total. The first-order chi connectivity index (χ1) is 12.2. The van der Waals surface area contributed by atoms with Gasteiger partial charge in [-0.15, -0.1) is 0 Å².